The van der Waals surface area contributed by atoms with E-state index in [-0.39, 0.29) is 11.8 Å². The second-order valence-electron chi connectivity index (χ2n) is 8.75. The maximum absolute atomic E-state index is 13.5. The van der Waals surface area contributed by atoms with Crippen LogP contribution in [0.25, 0.3) is 0 Å². The summed E-state index contributed by atoms with van der Waals surface area (Å²) < 4.78 is 5.22. The van der Waals surface area contributed by atoms with Gasteiger partial charge < -0.3 is 9.72 Å². The summed E-state index contributed by atoms with van der Waals surface area (Å²) in [6, 6.07) is 26.6. The van der Waals surface area contributed by atoms with Crippen LogP contribution in [-0.4, -0.2) is 23.0 Å². The maximum atomic E-state index is 13.5. The molecule has 0 saturated heterocycles. The Morgan fingerprint density at radius 3 is 2.55 bits per heavy atom. The Morgan fingerprint density at radius 2 is 1.79 bits per heavy atom. The molecule has 0 radical (unpaired) electrons. The number of benzene rings is 3. The lowest BCUT2D eigenvalue weighted by Gasteiger charge is -2.32. The lowest BCUT2D eigenvalue weighted by atomic mass is 9.71. The highest BCUT2D eigenvalue weighted by Gasteiger charge is 2.47. The fourth-order valence-electron chi connectivity index (χ4n) is 4.99. The molecule has 5 rings (SSSR count). The van der Waals surface area contributed by atoms with Crippen LogP contribution in [0.5, 0.6) is 5.75 Å². The summed E-state index contributed by atoms with van der Waals surface area (Å²) in [6.07, 6.45) is 3.18. The fourth-order valence-corrected chi connectivity index (χ4v) is 4.99. The van der Waals surface area contributed by atoms with Gasteiger partial charge in [-0.15, -0.1) is 0 Å². The van der Waals surface area contributed by atoms with Gasteiger partial charge in [0.05, 0.1) is 19.2 Å². The normalized spacial score (nSPS) is 19.2. The first-order valence-electron chi connectivity index (χ1n) is 11.2. The first-order chi connectivity index (χ1) is 16.1. The number of aromatic amines is 1. The number of carbonyl (C=O) groups excluding carboxylic acids is 1. The van der Waals surface area contributed by atoms with Crippen molar-refractivity contribution in [2.24, 2.45) is 5.92 Å². The standard InChI is InChI=1S/C28H27N3O2/c1-28(21-9-4-3-5-10-21)24-11-7-6-8-20(24)17-25(28)26(32)31-27-29-18-22(30-27)16-19-12-14-23(33-2)15-13-19/h3-15,18,25H,16-17H2,1-2H3,(H2,29,30,31,32)/t25-,28+/m0/s1. The van der Waals surface area contributed by atoms with Crippen molar-refractivity contribution < 1.29 is 9.53 Å². The molecule has 1 heterocycles. The molecule has 4 aromatic rings. The number of imidazole rings is 1. The van der Waals surface area contributed by atoms with Crippen LogP contribution in [0.2, 0.25) is 0 Å². The van der Waals surface area contributed by atoms with E-state index in [1.165, 1.54) is 11.1 Å². The van der Waals surface area contributed by atoms with E-state index in [1.54, 1.807) is 13.3 Å². The first kappa shape index (κ1) is 21.0. The number of anilines is 1. The second kappa shape index (κ2) is 8.58. The van der Waals surface area contributed by atoms with Crippen molar-refractivity contribution in [2.45, 2.75) is 25.2 Å². The van der Waals surface area contributed by atoms with Crippen LogP contribution in [-0.2, 0) is 23.1 Å². The van der Waals surface area contributed by atoms with E-state index in [1.807, 2.05) is 48.5 Å². The van der Waals surface area contributed by atoms with Crippen LogP contribution in [0.3, 0.4) is 0 Å². The number of ether oxygens (including phenoxy) is 1. The van der Waals surface area contributed by atoms with Gasteiger partial charge in [0, 0.05) is 17.5 Å². The molecule has 0 spiro atoms. The lowest BCUT2D eigenvalue weighted by molar-refractivity contribution is -0.121. The van der Waals surface area contributed by atoms with Crippen molar-refractivity contribution in [2.75, 3.05) is 12.4 Å². The molecule has 0 fully saturated rings. The monoisotopic (exact) mass is 437 g/mol. The fraction of sp³-hybridized carbons (Fsp3) is 0.214. The molecule has 3 aromatic carbocycles. The molecule has 0 aliphatic heterocycles. The van der Waals surface area contributed by atoms with Crippen molar-refractivity contribution in [1.29, 1.82) is 0 Å². The first-order valence-corrected chi connectivity index (χ1v) is 11.2. The molecule has 0 unspecified atom stereocenters. The van der Waals surface area contributed by atoms with E-state index >= 15 is 0 Å². The van der Waals surface area contributed by atoms with Crippen LogP contribution < -0.4 is 10.1 Å². The summed E-state index contributed by atoms with van der Waals surface area (Å²) in [4.78, 5) is 21.2. The number of carbonyl (C=O) groups is 1. The minimum atomic E-state index is -0.402. The Morgan fingerprint density at radius 1 is 1.06 bits per heavy atom. The SMILES string of the molecule is COc1ccc(Cc2cnc(NC(=O)[C@@H]3Cc4ccccc4[C@@]3(C)c3ccccc3)[nH]2)cc1. The number of methoxy groups -OCH3 is 1. The number of H-pyrrole nitrogens is 1. The molecule has 2 N–H and O–H groups in total. The van der Waals surface area contributed by atoms with Gasteiger partial charge in [-0.25, -0.2) is 4.98 Å². The van der Waals surface area contributed by atoms with Gasteiger partial charge in [0.15, 0.2) is 0 Å². The van der Waals surface area contributed by atoms with Gasteiger partial charge >= 0.3 is 0 Å². The third kappa shape index (κ3) is 3.91. The summed E-state index contributed by atoms with van der Waals surface area (Å²) >= 11 is 0. The second-order valence-corrected chi connectivity index (χ2v) is 8.75. The zero-order chi connectivity index (χ0) is 22.8. The van der Waals surface area contributed by atoms with Gasteiger partial charge in [-0.3, -0.25) is 10.1 Å². The van der Waals surface area contributed by atoms with Gasteiger partial charge in [-0.05, 0) is 40.8 Å². The summed E-state index contributed by atoms with van der Waals surface area (Å²) in [7, 11) is 1.66. The predicted molar refractivity (Wildman–Crippen MR) is 130 cm³/mol. The number of amides is 1. The third-order valence-corrected chi connectivity index (χ3v) is 6.81. The summed E-state index contributed by atoms with van der Waals surface area (Å²) in [6.45, 7) is 2.18. The van der Waals surface area contributed by atoms with Crippen molar-refractivity contribution in [3.63, 3.8) is 0 Å². The Bertz CT molecular complexity index is 1260. The molecule has 33 heavy (non-hydrogen) atoms. The van der Waals surface area contributed by atoms with Crippen LogP contribution in [0, 0.1) is 5.92 Å². The topological polar surface area (TPSA) is 67.0 Å². The number of nitrogens with one attached hydrogen (secondary N) is 2. The average molecular weight is 438 g/mol. The smallest absolute Gasteiger partial charge is 0.231 e. The maximum Gasteiger partial charge on any atom is 0.231 e. The largest absolute Gasteiger partial charge is 0.497 e. The molecule has 166 valence electrons. The van der Waals surface area contributed by atoms with Crippen LogP contribution in [0.1, 0.15) is 34.9 Å². The minimum Gasteiger partial charge on any atom is -0.497 e. The van der Waals surface area contributed by atoms with Crippen LogP contribution >= 0.6 is 0 Å². The quantitative estimate of drug-likeness (QED) is 0.440. The average Bonchev–Trinajstić information content (AvgIpc) is 3.42. The molecule has 1 aliphatic rings. The molecule has 0 saturated carbocycles. The number of nitrogens with zero attached hydrogens (tertiary/aromatic N) is 1. The molecule has 1 aromatic heterocycles. The lowest BCUT2D eigenvalue weighted by Crippen LogP contribution is -2.38. The predicted octanol–water partition coefficient (Wildman–Crippen LogP) is 5.13. The highest BCUT2D eigenvalue weighted by molar-refractivity contribution is 5.93. The van der Waals surface area contributed by atoms with Gasteiger partial charge in [-0.2, -0.15) is 0 Å². The highest BCUT2D eigenvalue weighted by atomic mass is 16.5. The molecule has 5 nitrogen and oxygen atoms in total. The van der Waals surface area contributed by atoms with Gasteiger partial charge in [0.25, 0.3) is 0 Å². The molecular weight excluding hydrogens is 410 g/mol. The van der Waals surface area contributed by atoms with E-state index in [0.717, 1.165) is 22.6 Å². The molecule has 0 bridgehead atoms. The molecule has 5 heteroatoms. The zero-order valence-electron chi connectivity index (χ0n) is 18.8. The van der Waals surface area contributed by atoms with Crippen molar-refractivity contribution in [3.05, 3.63) is 113 Å². The van der Waals surface area contributed by atoms with E-state index in [0.29, 0.717) is 18.8 Å². The Kier molecular flexibility index (Phi) is 5.47. The number of hydrogen-bond acceptors (Lipinski definition) is 3. The Hall–Kier alpha value is -3.86. The Labute approximate surface area is 193 Å². The van der Waals surface area contributed by atoms with Crippen molar-refractivity contribution in [1.82, 2.24) is 9.97 Å². The highest BCUT2D eigenvalue weighted by Crippen LogP contribution is 2.48. The van der Waals surface area contributed by atoms with Crippen molar-refractivity contribution >= 4 is 11.9 Å². The van der Waals surface area contributed by atoms with Gasteiger partial charge in [-0.1, -0.05) is 73.7 Å². The molecule has 1 amide bonds. The number of fused-ring (bicyclic) bond motifs is 1. The van der Waals surface area contributed by atoms with E-state index < -0.39 is 5.41 Å². The number of rotatable bonds is 6. The van der Waals surface area contributed by atoms with Gasteiger partial charge in [0.2, 0.25) is 11.9 Å². The van der Waals surface area contributed by atoms with Crippen molar-refractivity contribution in [3.8, 4) is 5.75 Å². The van der Waals surface area contributed by atoms with Gasteiger partial charge in [0.1, 0.15) is 5.75 Å². The summed E-state index contributed by atoms with van der Waals surface area (Å²) in [5.41, 5.74) is 5.27. The minimum absolute atomic E-state index is 0.0251. The van der Waals surface area contributed by atoms with E-state index in [9.17, 15) is 4.79 Å². The number of hydrogen-bond donors (Lipinski definition) is 2. The summed E-state index contributed by atoms with van der Waals surface area (Å²) in [5, 5.41) is 3.04. The Balaban J connectivity index is 1.36. The summed E-state index contributed by atoms with van der Waals surface area (Å²) in [5.74, 6) is 1.06. The van der Waals surface area contributed by atoms with E-state index in [4.69, 9.17) is 4.74 Å². The molecular formula is C28H27N3O2. The zero-order valence-corrected chi connectivity index (χ0v) is 18.8. The van der Waals surface area contributed by atoms with Crippen LogP contribution in [0.15, 0.2) is 85.1 Å². The molecule has 2 atom stereocenters. The third-order valence-electron chi connectivity index (χ3n) is 6.81. The number of aromatic nitrogens is 2. The van der Waals surface area contributed by atoms with E-state index in [2.05, 4.69) is 52.5 Å². The molecule has 1 aliphatic carbocycles. The van der Waals surface area contributed by atoms with Crippen LogP contribution in [0.4, 0.5) is 5.95 Å².